The van der Waals surface area contributed by atoms with E-state index >= 15 is 0 Å². The van der Waals surface area contributed by atoms with Gasteiger partial charge in [0, 0.05) is 43.7 Å². The van der Waals surface area contributed by atoms with Gasteiger partial charge in [0.2, 0.25) is 5.91 Å². The fourth-order valence-corrected chi connectivity index (χ4v) is 9.75. The van der Waals surface area contributed by atoms with Crippen LogP contribution >= 0.6 is 0 Å². The number of carbonyl (C=O) groups excluding carboxylic acids is 3. The van der Waals surface area contributed by atoms with Crippen molar-refractivity contribution in [3.8, 4) is 28.5 Å². The molecular weight excluding hydrogens is 751 g/mol. The number of carbonyl (C=O) groups is 3. The zero-order chi connectivity index (χ0) is 40.2. The largest absolute Gasteiger partial charge is 0.488 e. The fraction of sp³-hybridized carbons (Fsp3) is 0.409. The van der Waals surface area contributed by atoms with E-state index in [1.54, 1.807) is 18.2 Å². The number of aliphatic hydroxyl groups is 1. The number of piperidine rings is 2. The second-order valence-electron chi connectivity index (χ2n) is 16.4. The minimum atomic E-state index is -1.29. The first-order chi connectivity index (χ1) is 28.8. The number of aliphatic hydroxyl groups excluding tert-OH is 1. The van der Waals surface area contributed by atoms with Gasteiger partial charge in [0.25, 0.3) is 11.8 Å². The molecule has 0 spiro atoms. The van der Waals surface area contributed by atoms with Gasteiger partial charge in [0.05, 0.1) is 28.6 Å². The van der Waals surface area contributed by atoms with Gasteiger partial charge in [-0.1, -0.05) is 18.2 Å². The summed E-state index contributed by atoms with van der Waals surface area (Å²) >= 11 is 0. The number of nitrogens with one attached hydrogen (secondary N) is 1. The van der Waals surface area contributed by atoms with Crippen molar-refractivity contribution >= 4 is 34.6 Å². The molecule has 2 unspecified atom stereocenters. The highest BCUT2D eigenvalue weighted by atomic mass is 16.5. The van der Waals surface area contributed by atoms with Crippen LogP contribution in [0, 0.1) is 0 Å². The summed E-state index contributed by atoms with van der Waals surface area (Å²) in [5, 5.41) is 18.8. The van der Waals surface area contributed by atoms with E-state index in [-0.39, 0.29) is 42.0 Å². The number of fused-ring (bicyclic) bond motifs is 2. The van der Waals surface area contributed by atoms with E-state index < -0.39 is 24.1 Å². The molecule has 59 heavy (non-hydrogen) atoms. The number of para-hydroxylation sites is 1. The number of ether oxygens (including phenoxy) is 2. The number of rotatable bonds is 9. The lowest BCUT2D eigenvalue weighted by Crippen LogP contribution is -2.59. The molecule has 0 radical (unpaired) electrons. The van der Waals surface area contributed by atoms with Crippen LogP contribution in [0.3, 0.4) is 0 Å². The number of anilines is 1. The maximum atomic E-state index is 13.3. The second kappa shape index (κ2) is 15.4. The summed E-state index contributed by atoms with van der Waals surface area (Å²) in [5.74, 6) is 1.26. The van der Waals surface area contributed by atoms with Crippen molar-refractivity contribution in [3.05, 3.63) is 90.3 Å². The Bertz CT molecular complexity index is 2390. The molecule has 5 aromatic rings. The van der Waals surface area contributed by atoms with E-state index in [1.807, 2.05) is 54.6 Å². The van der Waals surface area contributed by atoms with Crippen LogP contribution in [0.4, 0.5) is 5.82 Å². The summed E-state index contributed by atoms with van der Waals surface area (Å²) in [4.78, 5) is 53.4. The van der Waals surface area contributed by atoms with Crippen LogP contribution in [-0.4, -0.2) is 114 Å². The molecule has 3 amide bonds. The van der Waals surface area contributed by atoms with Gasteiger partial charge in [-0.15, -0.1) is 0 Å². The lowest BCUT2D eigenvalue weighted by atomic mass is 9.86. The van der Waals surface area contributed by atoms with E-state index in [9.17, 15) is 19.5 Å². The van der Waals surface area contributed by atoms with Crippen molar-refractivity contribution in [2.24, 2.45) is 0 Å². The first kappa shape index (κ1) is 37.4. The van der Waals surface area contributed by atoms with Crippen molar-refractivity contribution in [2.75, 3.05) is 31.9 Å². The van der Waals surface area contributed by atoms with Gasteiger partial charge in [-0.25, -0.2) is 14.6 Å². The monoisotopic (exact) mass is 797 g/mol. The number of imide groups is 1. The summed E-state index contributed by atoms with van der Waals surface area (Å²) in [5.41, 5.74) is 9.51. The molecule has 5 aliphatic rings. The van der Waals surface area contributed by atoms with Crippen molar-refractivity contribution in [2.45, 2.75) is 87.9 Å². The first-order valence-electron chi connectivity index (χ1n) is 20.7. The van der Waals surface area contributed by atoms with E-state index in [2.05, 4.69) is 24.8 Å². The average Bonchev–Trinajstić information content (AvgIpc) is 3.75. The Morgan fingerprint density at radius 3 is 2.22 bits per heavy atom. The predicted molar refractivity (Wildman–Crippen MR) is 218 cm³/mol. The number of nitrogens with two attached hydrogens (primary N) is 1. The molecular formula is C44H47N9O6. The number of nitrogen functional groups attached to an aromatic ring is 1. The fourth-order valence-electron chi connectivity index (χ4n) is 9.75. The Labute approximate surface area is 341 Å². The van der Waals surface area contributed by atoms with E-state index in [0.717, 1.165) is 103 Å². The quantitative estimate of drug-likeness (QED) is 0.174. The maximum absolute atomic E-state index is 13.3. The minimum absolute atomic E-state index is 0.000458. The molecule has 10 rings (SSSR count). The van der Waals surface area contributed by atoms with E-state index in [4.69, 9.17) is 25.3 Å². The Balaban J connectivity index is 0.740. The third-order valence-electron chi connectivity index (χ3n) is 12.8. The molecule has 304 valence electrons. The van der Waals surface area contributed by atoms with Crippen LogP contribution in [0.25, 0.3) is 22.3 Å². The summed E-state index contributed by atoms with van der Waals surface area (Å²) in [7, 11) is 0. The Morgan fingerprint density at radius 1 is 0.746 bits per heavy atom. The molecule has 1 aliphatic carbocycles. The number of likely N-dealkylation sites (tertiary alicyclic amines) is 2. The third kappa shape index (κ3) is 7.06. The Kier molecular flexibility index (Phi) is 9.73. The Hall–Kier alpha value is -5.90. The smallest absolute Gasteiger partial charge is 0.262 e. The number of hydrogen-bond donors (Lipinski definition) is 3. The van der Waals surface area contributed by atoms with Crippen LogP contribution in [0.5, 0.6) is 17.2 Å². The van der Waals surface area contributed by atoms with Crippen molar-refractivity contribution in [1.29, 1.82) is 0 Å². The van der Waals surface area contributed by atoms with Gasteiger partial charge < -0.3 is 25.6 Å². The van der Waals surface area contributed by atoms with Gasteiger partial charge in [0.1, 0.15) is 47.4 Å². The van der Waals surface area contributed by atoms with Crippen molar-refractivity contribution in [1.82, 2.24) is 39.8 Å². The van der Waals surface area contributed by atoms with Gasteiger partial charge in [0.15, 0.2) is 5.65 Å². The van der Waals surface area contributed by atoms with Crippen molar-refractivity contribution in [3.63, 3.8) is 0 Å². The highest BCUT2D eigenvalue weighted by Gasteiger charge is 2.45. The normalized spacial score (nSPS) is 25.5. The molecule has 4 aliphatic heterocycles. The van der Waals surface area contributed by atoms with Crippen LogP contribution in [0.15, 0.2) is 79.1 Å². The van der Waals surface area contributed by atoms with Gasteiger partial charge in [-0.05, 0) is 106 Å². The molecule has 6 heterocycles. The summed E-state index contributed by atoms with van der Waals surface area (Å²) in [6.07, 6.45) is 7.22. The summed E-state index contributed by atoms with van der Waals surface area (Å²) in [6, 6.07) is 23.0. The summed E-state index contributed by atoms with van der Waals surface area (Å²) in [6.45, 7) is 3.60. The molecule has 15 nitrogen and oxygen atoms in total. The van der Waals surface area contributed by atoms with Crippen molar-refractivity contribution < 1.29 is 29.0 Å². The highest BCUT2D eigenvalue weighted by molar-refractivity contribution is 6.21. The molecule has 4 N–H and O–H groups in total. The van der Waals surface area contributed by atoms with Crippen LogP contribution in [0.1, 0.15) is 78.1 Å². The topological polar surface area (TPSA) is 181 Å². The maximum Gasteiger partial charge on any atom is 0.262 e. The first-order valence-corrected chi connectivity index (χ1v) is 20.7. The number of benzene rings is 3. The molecule has 4 fully saturated rings. The SMILES string of the molecule is Nc1ncnc2c1c(-c1ccc(Oc3ccccc3)cc1)nn2[C@@H]1CCCN(C2CCC(N3CC(Oc4ccc5c(c4)C(=O)N(C4CCC(=O)NC4O)C5=O)C3)CC2)C1. The van der Waals surface area contributed by atoms with Gasteiger partial charge in [-0.3, -0.25) is 29.1 Å². The lowest BCUT2D eigenvalue weighted by Gasteiger charge is -2.48. The van der Waals surface area contributed by atoms with Crippen LogP contribution < -0.4 is 20.5 Å². The molecule has 15 heteroatoms. The predicted octanol–water partition coefficient (Wildman–Crippen LogP) is 4.77. The lowest BCUT2D eigenvalue weighted by molar-refractivity contribution is -0.129. The molecule has 0 bridgehead atoms. The zero-order valence-electron chi connectivity index (χ0n) is 32.7. The number of amides is 3. The van der Waals surface area contributed by atoms with Gasteiger partial charge >= 0.3 is 0 Å². The molecule has 3 saturated heterocycles. The second-order valence-corrected chi connectivity index (χ2v) is 16.4. The van der Waals surface area contributed by atoms with Crippen LogP contribution in [-0.2, 0) is 4.79 Å². The zero-order valence-corrected chi connectivity index (χ0v) is 32.7. The molecule has 3 atom stereocenters. The molecule has 1 saturated carbocycles. The van der Waals surface area contributed by atoms with E-state index in [0.29, 0.717) is 23.7 Å². The molecule has 3 aromatic carbocycles. The number of aromatic nitrogens is 4. The average molecular weight is 798 g/mol. The molecule has 2 aromatic heterocycles. The number of hydrogen-bond acceptors (Lipinski definition) is 12. The summed E-state index contributed by atoms with van der Waals surface area (Å²) < 4.78 is 14.4. The van der Waals surface area contributed by atoms with E-state index in [1.165, 1.54) is 6.33 Å². The van der Waals surface area contributed by atoms with Gasteiger partial charge in [-0.2, -0.15) is 5.10 Å². The third-order valence-corrected chi connectivity index (χ3v) is 12.8. The number of nitrogens with zero attached hydrogens (tertiary/aromatic N) is 7. The minimum Gasteiger partial charge on any atom is -0.488 e. The Morgan fingerprint density at radius 2 is 1.46 bits per heavy atom. The standard InChI is InChI=1S/C44H47N9O6/c45-40-38-39(26-8-14-31(15-9-26)58-30-6-2-1-3-7-30)49-53(41(38)47-25-46-40)29-5-4-20-50(22-29)27-10-12-28(13-11-27)51-23-33(24-51)59-32-16-17-34-35(21-32)44(57)52(43(34)56)36-18-19-37(54)48-42(36)55/h1-3,6-9,14-17,21,25,27-29,33,36,42,55H,4-5,10-13,18-20,22-24H2,(H,48,54)(H2,45,46,47)/t27?,28?,29-,36?,42?/m1/s1. The van der Waals surface area contributed by atoms with Crippen LogP contribution in [0.2, 0.25) is 0 Å². The highest BCUT2D eigenvalue weighted by Crippen LogP contribution is 2.38.